The van der Waals surface area contributed by atoms with Crippen molar-refractivity contribution in [2.24, 2.45) is 10.3 Å². The van der Waals surface area contributed by atoms with Crippen LogP contribution in [0.5, 0.6) is 0 Å². The number of benzene rings is 1. The Hall–Kier alpha value is -1.90. The SMILES string of the molecule is C=CN=NN(C=C)Cc1cccc(C)c1. The minimum Gasteiger partial charge on any atom is -0.250 e. The van der Waals surface area contributed by atoms with Gasteiger partial charge in [0.05, 0.1) is 6.54 Å². The number of rotatable bonds is 5. The Bertz CT molecular complexity index is 369. The van der Waals surface area contributed by atoms with Gasteiger partial charge in [-0.2, -0.15) is 0 Å². The highest BCUT2D eigenvalue weighted by Gasteiger charge is 1.98. The summed E-state index contributed by atoms with van der Waals surface area (Å²) >= 11 is 0. The maximum atomic E-state index is 3.91. The van der Waals surface area contributed by atoms with Crippen LogP contribution in [-0.2, 0) is 6.54 Å². The van der Waals surface area contributed by atoms with Crippen LogP contribution >= 0.6 is 0 Å². The van der Waals surface area contributed by atoms with Crippen LogP contribution in [0.3, 0.4) is 0 Å². The van der Waals surface area contributed by atoms with Gasteiger partial charge in [-0.1, -0.05) is 48.2 Å². The summed E-state index contributed by atoms with van der Waals surface area (Å²) in [6.45, 7) is 9.87. The van der Waals surface area contributed by atoms with Crippen molar-refractivity contribution in [2.75, 3.05) is 0 Å². The molecule has 15 heavy (non-hydrogen) atoms. The highest BCUT2D eigenvalue weighted by Crippen LogP contribution is 2.08. The van der Waals surface area contributed by atoms with E-state index in [0.717, 1.165) is 0 Å². The first-order valence-electron chi connectivity index (χ1n) is 4.72. The van der Waals surface area contributed by atoms with Gasteiger partial charge < -0.3 is 0 Å². The van der Waals surface area contributed by atoms with E-state index in [9.17, 15) is 0 Å². The molecule has 1 aromatic rings. The van der Waals surface area contributed by atoms with Gasteiger partial charge >= 0.3 is 0 Å². The quantitative estimate of drug-likeness (QED) is 0.529. The van der Waals surface area contributed by atoms with E-state index in [1.165, 1.54) is 17.3 Å². The molecule has 0 aliphatic heterocycles. The van der Waals surface area contributed by atoms with Crippen LogP contribution in [0.4, 0.5) is 0 Å². The second-order valence-electron chi connectivity index (χ2n) is 3.16. The van der Waals surface area contributed by atoms with E-state index < -0.39 is 0 Å². The molecule has 0 spiro atoms. The fourth-order valence-corrected chi connectivity index (χ4v) is 1.23. The molecule has 0 bridgehead atoms. The summed E-state index contributed by atoms with van der Waals surface area (Å²) < 4.78 is 0. The van der Waals surface area contributed by atoms with Gasteiger partial charge in [0.25, 0.3) is 0 Å². The second kappa shape index (κ2) is 5.75. The summed E-state index contributed by atoms with van der Waals surface area (Å²) in [5, 5.41) is 9.28. The summed E-state index contributed by atoms with van der Waals surface area (Å²) in [4.78, 5) is 0. The first kappa shape index (κ1) is 11.2. The summed E-state index contributed by atoms with van der Waals surface area (Å²) in [5.41, 5.74) is 2.41. The Kier molecular flexibility index (Phi) is 4.29. The fourth-order valence-electron chi connectivity index (χ4n) is 1.23. The lowest BCUT2D eigenvalue weighted by atomic mass is 10.1. The lowest BCUT2D eigenvalue weighted by molar-refractivity contribution is 0.367. The average Bonchev–Trinajstić information content (AvgIpc) is 2.24. The average molecular weight is 201 g/mol. The summed E-state index contributed by atoms with van der Waals surface area (Å²) in [6.07, 6.45) is 3.03. The minimum atomic E-state index is 0.669. The van der Waals surface area contributed by atoms with Crippen molar-refractivity contribution < 1.29 is 0 Å². The Morgan fingerprint density at radius 2 is 2.20 bits per heavy atom. The third kappa shape index (κ3) is 3.77. The van der Waals surface area contributed by atoms with Crippen molar-refractivity contribution in [1.82, 2.24) is 5.01 Å². The molecule has 0 heterocycles. The van der Waals surface area contributed by atoms with E-state index in [2.05, 4.69) is 42.6 Å². The Morgan fingerprint density at radius 1 is 1.40 bits per heavy atom. The number of aryl methyl sites for hydroxylation is 1. The standard InChI is InChI=1S/C12H15N3/c1-4-13-14-15(5-2)10-12-8-6-7-11(3)9-12/h4-9H,1-2,10H2,3H3. The first-order valence-corrected chi connectivity index (χ1v) is 4.72. The zero-order chi connectivity index (χ0) is 11.1. The molecule has 3 heteroatoms. The van der Waals surface area contributed by atoms with Gasteiger partial charge in [0.15, 0.2) is 0 Å². The molecular formula is C12H15N3. The summed E-state index contributed by atoms with van der Waals surface area (Å²) in [7, 11) is 0. The van der Waals surface area contributed by atoms with E-state index >= 15 is 0 Å². The monoisotopic (exact) mass is 201 g/mol. The van der Waals surface area contributed by atoms with Gasteiger partial charge in [0.1, 0.15) is 0 Å². The number of hydrogen-bond acceptors (Lipinski definition) is 2. The van der Waals surface area contributed by atoms with E-state index in [1.54, 1.807) is 11.2 Å². The van der Waals surface area contributed by atoms with E-state index in [1.807, 2.05) is 12.1 Å². The van der Waals surface area contributed by atoms with Crippen LogP contribution < -0.4 is 0 Å². The molecule has 0 radical (unpaired) electrons. The van der Waals surface area contributed by atoms with Crippen molar-refractivity contribution >= 4 is 0 Å². The molecule has 0 amide bonds. The van der Waals surface area contributed by atoms with Gasteiger partial charge in [0, 0.05) is 12.4 Å². The smallest absolute Gasteiger partial charge is 0.0676 e. The van der Waals surface area contributed by atoms with Crippen molar-refractivity contribution in [1.29, 1.82) is 0 Å². The number of nitrogens with zero attached hydrogens (tertiary/aromatic N) is 3. The minimum absolute atomic E-state index is 0.669. The van der Waals surface area contributed by atoms with Gasteiger partial charge in [-0.3, -0.25) is 5.01 Å². The molecule has 0 saturated carbocycles. The summed E-state index contributed by atoms with van der Waals surface area (Å²) in [6, 6.07) is 8.25. The predicted molar refractivity (Wildman–Crippen MR) is 62.0 cm³/mol. The third-order valence-corrected chi connectivity index (χ3v) is 1.89. The fraction of sp³-hybridized carbons (Fsp3) is 0.167. The first-order chi connectivity index (χ1) is 7.26. The third-order valence-electron chi connectivity index (χ3n) is 1.89. The van der Waals surface area contributed by atoms with Crippen molar-refractivity contribution in [2.45, 2.75) is 13.5 Å². The van der Waals surface area contributed by atoms with Crippen LogP contribution in [-0.4, -0.2) is 5.01 Å². The topological polar surface area (TPSA) is 28.0 Å². The van der Waals surface area contributed by atoms with Crippen molar-refractivity contribution in [3.63, 3.8) is 0 Å². The Labute approximate surface area is 90.4 Å². The van der Waals surface area contributed by atoms with Gasteiger partial charge in [-0.05, 0) is 12.5 Å². The maximum Gasteiger partial charge on any atom is 0.0676 e. The molecule has 78 valence electrons. The molecule has 0 unspecified atom stereocenters. The highest BCUT2D eigenvalue weighted by atomic mass is 15.5. The largest absolute Gasteiger partial charge is 0.250 e. The zero-order valence-electron chi connectivity index (χ0n) is 8.93. The molecule has 3 nitrogen and oxygen atoms in total. The van der Waals surface area contributed by atoms with Crippen LogP contribution in [0.15, 0.2) is 60.2 Å². The van der Waals surface area contributed by atoms with E-state index in [-0.39, 0.29) is 0 Å². The Balaban J connectivity index is 2.70. The van der Waals surface area contributed by atoms with Gasteiger partial charge in [-0.15, -0.1) is 5.11 Å². The van der Waals surface area contributed by atoms with Gasteiger partial charge in [0.2, 0.25) is 0 Å². The van der Waals surface area contributed by atoms with E-state index in [0.29, 0.717) is 6.54 Å². The molecule has 0 fully saturated rings. The van der Waals surface area contributed by atoms with Gasteiger partial charge in [-0.25, -0.2) is 0 Å². The zero-order valence-corrected chi connectivity index (χ0v) is 8.93. The normalized spacial score (nSPS) is 10.2. The lowest BCUT2D eigenvalue weighted by Crippen LogP contribution is -2.07. The van der Waals surface area contributed by atoms with Crippen LogP contribution in [0.25, 0.3) is 0 Å². The molecule has 0 N–H and O–H groups in total. The molecule has 0 aromatic heterocycles. The van der Waals surface area contributed by atoms with Crippen molar-refractivity contribution in [3.05, 3.63) is 61.0 Å². The van der Waals surface area contributed by atoms with Crippen LogP contribution in [0.2, 0.25) is 0 Å². The molecule has 1 rings (SSSR count). The molecule has 1 aromatic carbocycles. The molecular weight excluding hydrogens is 186 g/mol. The van der Waals surface area contributed by atoms with E-state index in [4.69, 9.17) is 0 Å². The molecule has 0 aliphatic rings. The Morgan fingerprint density at radius 3 is 2.80 bits per heavy atom. The predicted octanol–water partition coefficient (Wildman–Crippen LogP) is 3.45. The summed E-state index contributed by atoms with van der Waals surface area (Å²) in [5.74, 6) is 0. The molecule has 0 atom stereocenters. The highest BCUT2D eigenvalue weighted by molar-refractivity contribution is 5.22. The second-order valence-corrected chi connectivity index (χ2v) is 3.16. The molecule has 0 saturated heterocycles. The molecule has 0 aliphatic carbocycles. The number of hydrogen-bond donors (Lipinski definition) is 0. The van der Waals surface area contributed by atoms with Crippen LogP contribution in [0.1, 0.15) is 11.1 Å². The maximum absolute atomic E-state index is 3.91. The van der Waals surface area contributed by atoms with Crippen LogP contribution in [0, 0.1) is 6.92 Å². The lowest BCUT2D eigenvalue weighted by Gasteiger charge is -2.11. The van der Waals surface area contributed by atoms with Crippen molar-refractivity contribution in [3.8, 4) is 0 Å².